The van der Waals surface area contributed by atoms with Gasteiger partial charge in [0.15, 0.2) is 6.61 Å². The molecule has 2 aromatic carbocycles. The number of ether oxygens (including phenoxy) is 3. The minimum atomic E-state index is -0.280. The van der Waals surface area contributed by atoms with Crippen molar-refractivity contribution in [1.29, 1.82) is 0 Å². The van der Waals surface area contributed by atoms with Gasteiger partial charge in [0, 0.05) is 24.7 Å². The van der Waals surface area contributed by atoms with Crippen molar-refractivity contribution in [3.63, 3.8) is 0 Å². The van der Waals surface area contributed by atoms with Gasteiger partial charge in [0.05, 0.1) is 14.2 Å². The van der Waals surface area contributed by atoms with E-state index in [0.717, 1.165) is 5.56 Å². The molecule has 0 unspecified atom stereocenters. The zero-order valence-electron chi connectivity index (χ0n) is 16.6. The van der Waals surface area contributed by atoms with Crippen molar-refractivity contribution < 1.29 is 23.8 Å². The fourth-order valence-electron chi connectivity index (χ4n) is 2.42. The molecule has 0 aliphatic carbocycles. The monoisotopic (exact) mass is 386 g/mol. The Kier molecular flexibility index (Phi) is 7.68. The summed E-state index contributed by atoms with van der Waals surface area (Å²) in [6.45, 7) is 4.50. The van der Waals surface area contributed by atoms with Crippen LogP contribution in [0.25, 0.3) is 0 Å². The highest BCUT2D eigenvalue weighted by Gasteiger charge is 2.10. The summed E-state index contributed by atoms with van der Waals surface area (Å²) < 4.78 is 15.8. The number of amides is 2. The molecule has 2 rings (SSSR count). The molecule has 0 bridgehead atoms. The lowest BCUT2D eigenvalue weighted by Gasteiger charge is -2.11. The van der Waals surface area contributed by atoms with Crippen molar-refractivity contribution in [3.8, 4) is 17.2 Å². The second-order valence-corrected chi connectivity index (χ2v) is 6.24. The number of nitrogens with one attached hydrogen (secondary N) is 2. The SMILES string of the molecule is COc1cc(OC)cc(C(=O)NCCNC(=O)COc2ccc(C)c(C)c2)c1. The zero-order valence-corrected chi connectivity index (χ0v) is 16.6. The van der Waals surface area contributed by atoms with Crippen LogP contribution in [0.5, 0.6) is 17.2 Å². The maximum absolute atomic E-state index is 12.2. The second kappa shape index (κ2) is 10.2. The number of hydrogen-bond acceptors (Lipinski definition) is 5. The molecule has 0 atom stereocenters. The number of carbonyl (C=O) groups excluding carboxylic acids is 2. The topological polar surface area (TPSA) is 85.9 Å². The van der Waals surface area contributed by atoms with Crippen LogP contribution < -0.4 is 24.8 Å². The first-order valence-electron chi connectivity index (χ1n) is 8.91. The molecule has 0 heterocycles. The van der Waals surface area contributed by atoms with Crippen molar-refractivity contribution >= 4 is 11.8 Å². The Labute approximate surface area is 165 Å². The molecule has 0 aliphatic heterocycles. The standard InChI is InChI=1S/C21H26N2O5/c1-14-5-6-17(9-15(14)2)28-13-20(24)22-7-8-23-21(25)16-10-18(26-3)12-19(11-16)27-4/h5-6,9-12H,7-8,13H2,1-4H3,(H,22,24)(H,23,25). The van der Waals surface area contributed by atoms with Gasteiger partial charge in [-0.15, -0.1) is 0 Å². The highest BCUT2D eigenvalue weighted by Crippen LogP contribution is 2.22. The van der Waals surface area contributed by atoms with Gasteiger partial charge in [0.2, 0.25) is 0 Å². The summed E-state index contributed by atoms with van der Waals surface area (Å²) in [6.07, 6.45) is 0. The second-order valence-electron chi connectivity index (χ2n) is 6.24. The lowest BCUT2D eigenvalue weighted by molar-refractivity contribution is -0.123. The van der Waals surface area contributed by atoms with Crippen LogP contribution in [0.1, 0.15) is 21.5 Å². The molecular weight excluding hydrogens is 360 g/mol. The molecular formula is C21H26N2O5. The van der Waals surface area contributed by atoms with Gasteiger partial charge in [-0.1, -0.05) is 6.07 Å². The van der Waals surface area contributed by atoms with E-state index in [1.54, 1.807) is 18.2 Å². The zero-order chi connectivity index (χ0) is 20.5. The highest BCUT2D eigenvalue weighted by atomic mass is 16.5. The molecule has 0 saturated carbocycles. The molecule has 0 spiro atoms. The summed E-state index contributed by atoms with van der Waals surface area (Å²) in [4.78, 5) is 24.1. The van der Waals surface area contributed by atoms with E-state index in [-0.39, 0.29) is 25.0 Å². The summed E-state index contributed by atoms with van der Waals surface area (Å²) in [6, 6.07) is 10.6. The van der Waals surface area contributed by atoms with Gasteiger partial charge >= 0.3 is 0 Å². The fourth-order valence-corrected chi connectivity index (χ4v) is 2.42. The largest absolute Gasteiger partial charge is 0.497 e. The smallest absolute Gasteiger partial charge is 0.258 e. The first-order chi connectivity index (χ1) is 13.4. The molecule has 2 N–H and O–H groups in total. The average Bonchev–Trinajstić information content (AvgIpc) is 2.71. The highest BCUT2D eigenvalue weighted by molar-refractivity contribution is 5.95. The number of methoxy groups -OCH3 is 2. The molecule has 7 heteroatoms. The fraction of sp³-hybridized carbons (Fsp3) is 0.333. The van der Waals surface area contributed by atoms with Crippen LogP contribution in [0.2, 0.25) is 0 Å². The molecule has 150 valence electrons. The van der Waals surface area contributed by atoms with E-state index in [1.807, 2.05) is 32.0 Å². The van der Waals surface area contributed by atoms with E-state index in [2.05, 4.69) is 10.6 Å². The number of aryl methyl sites for hydroxylation is 2. The summed E-state index contributed by atoms with van der Waals surface area (Å²) in [5.74, 6) is 1.18. The summed E-state index contributed by atoms with van der Waals surface area (Å²) in [7, 11) is 3.04. The van der Waals surface area contributed by atoms with Crippen LogP contribution in [0.3, 0.4) is 0 Å². The third-order valence-corrected chi connectivity index (χ3v) is 4.19. The van der Waals surface area contributed by atoms with Gasteiger partial charge in [-0.25, -0.2) is 0 Å². The van der Waals surface area contributed by atoms with E-state index in [1.165, 1.54) is 19.8 Å². The van der Waals surface area contributed by atoms with E-state index in [4.69, 9.17) is 14.2 Å². The van der Waals surface area contributed by atoms with Gasteiger partial charge in [0.1, 0.15) is 17.2 Å². The number of hydrogen-bond donors (Lipinski definition) is 2. The van der Waals surface area contributed by atoms with Crippen LogP contribution in [-0.2, 0) is 4.79 Å². The molecule has 0 saturated heterocycles. The Morgan fingerprint density at radius 3 is 2.07 bits per heavy atom. The Bertz CT molecular complexity index is 813. The predicted molar refractivity (Wildman–Crippen MR) is 106 cm³/mol. The van der Waals surface area contributed by atoms with E-state index < -0.39 is 0 Å². The van der Waals surface area contributed by atoms with Crippen LogP contribution in [0.15, 0.2) is 36.4 Å². The lowest BCUT2D eigenvalue weighted by Crippen LogP contribution is -2.36. The van der Waals surface area contributed by atoms with Gasteiger partial charge in [-0.2, -0.15) is 0 Å². The molecule has 0 fully saturated rings. The van der Waals surface area contributed by atoms with Gasteiger partial charge < -0.3 is 24.8 Å². The van der Waals surface area contributed by atoms with E-state index in [0.29, 0.717) is 29.4 Å². The summed E-state index contributed by atoms with van der Waals surface area (Å²) in [5.41, 5.74) is 2.69. The Balaban J connectivity index is 1.73. The molecule has 28 heavy (non-hydrogen) atoms. The first-order valence-corrected chi connectivity index (χ1v) is 8.91. The Morgan fingerprint density at radius 1 is 0.821 bits per heavy atom. The van der Waals surface area contributed by atoms with Crippen LogP contribution in [0, 0.1) is 13.8 Å². The molecule has 2 aromatic rings. The van der Waals surface area contributed by atoms with Gasteiger partial charge in [-0.3, -0.25) is 9.59 Å². The normalized spacial score (nSPS) is 10.1. The molecule has 0 aromatic heterocycles. The van der Waals surface area contributed by atoms with E-state index >= 15 is 0 Å². The minimum Gasteiger partial charge on any atom is -0.497 e. The van der Waals surface area contributed by atoms with Gasteiger partial charge in [-0.05, 0) is 49.2 Å². The van der Waals surface area contributed by atoms with Gasteiger partial charge in [0.25, 0.3) is 11.8 Å². The molecule has 7 nitrogen and oxygen atoms in total. The maximum atomic E-state index is 12.2. The number of benzene rings is 2. The Hall–Kier alpha value is -3.22. The molecule has 2 amide bonds. The van der Waals surface area contributed by atoms with Crippen LogP contribution in [-0.4, -0.2) is 45.7 Å². The predicted octanol–water partition coefficient (Wildman–Crippen LogP) is 2.25. The maximum Gasteiger partial charge on any atom is 0.258 e. The number of rotatable bonds is 9. The van der Waals surface area contributed by atoms with Crippen LogP contribution in [0.4, 0.5) is 0 Å². The summed E-state index contributed by atoms with van der Waals surface area (Å²) >= 11 is 0. The first kappa shape index (κ1) is 21.1. The van der Waals surface area contributed by atoms with Crippen LogP contribution >= 0.6 is 0 Å². The minimum absolute atomic E-state index is 0.0798. The lowest BCUT2D eigenvalue weighted by atomic mass is 10.1. The van der Waals surface area contributed by atoms with Crippen molar-refractivity contribution in [2.45, 2.75) is 13.8 Å². The van der Waals surface area contributed by atoms with Crippen molar-refractivity contribution in [2.75, 3.05) is 33.9 Å². The third-order valence-electron chi connectivity index (χ3n) is 4.19. The molecule has 0 aliphatic rings. The van der Waals surface area contributed by atoms with E-state index in [9.17, 15) is 9.59 Å². The third kappa shape index (κ3) is 6.19. The quantitative estimate of drug-likeness (QED) is 0.646. The Morgan fingerprint density at radius 2 is 1.46 bits per heavy atom. The summed E-state index contributed by atoms with van der Waals surface area (Å²) in [5, 5.41) is 5.44. The van der Waals surface area contributed by atoms with Crippen molar-refractivity contribution in [1.82, 2.24) is 10.6 Å². The molecule has 0 radical (unpaired) electrons. The van der Waals surface area contributed by atoms with Crippen molar-refractivity contribution in [3.05, 3.63) is 53.1 Å². The average molecular weight is 386 g/mol. The number of carbonyl (C=O) groups is 2. The van der Waals surface area contributed by atoms with Crippen molar-refractivity contribution in [2.24, 2.45) is 0 Å².